The minimum Gasteiger partial charge on any atom is -0.364 e. The van der Waals surface area contributed by atoms with E-state index in [-0.39, 0.29) is 0 Å². The van der Waals surface area contributed by atoms with Gasteiger partial charge in [0.2, 0.25) is 0 Å². The molecule has 1 nitrogen and oxygen atoms in total. The fourth-order valence-corrected chi connectivity index (χ4v) is 0.553. The molecule has 0 saturated carbocycles. The highest BCUT2D eigenvalue weighted by atomic mass is 32.2. The molecule has 0 amide bonds. The second-order valence-corrected chi connectivity index (χ2v) is 2.11. The summed E-state index contributed by atoms with van der Waals surface area (Å²) in [5.41, 5.74) is 0. The van der Waals surface area contributed by atoms with E-state index >= 15 is 0 Å². The van der Waals surface area contributed by atoms with Crippen LogP contribution in [0.3, 0.4) is 0 Å². The monoisotopic (exact) mass is 119 g/mol. The van der Waals surface area contributed by atoms with Crippen molar-refractivity contribution in [2.24, 2.45) is 0 Å². The topological polar surface area (TPSA) is 9.23 Å². The van der Waals surface area contributed by atoms with E-state index in [0.29, 0.717) is 0 Å². The Morgan fingerprint density at radius 3 is 2.71 bits per heavy atom. The molecular weight excluding hydrogens is 108 g/mol. The Bertz CT molecular complexity index is 27.3. The quantitative estimate of drug-likeness (QED) is 0.523. The van der Waals surface area contributed by atoms with E-state index in [1.165, 1.54) is 0 Å². The van der Waals surface area contributed by atoms with Crippen molar-refractivity contribution < 1.29 is 4.74 Å². The van der Waals surface area contributed by atoms with Crippen LogP contribution in [0.5, 0.6) is 0 Å². The third-order valence-electron chi connectivity index (χ3n) is 0.469. The number of hydrogen-bond donors (Lipinski definition) is 0. The highest BCUT2D eigenvalue weighted by Crippen LogP contribution is 2.03. The summed E-state index contributed by atoms with van der Waals surface area (Å²) in [6.45, 7) is 4.86. The van der Waals surface area contributed by atoms with Crippen LogP contribution in [0, 0.1) is 5.94 Å². The summed E-state index contributed by atoms with van der Waals surface area (Å²) >= 11 is 1.69. The Kier molecular flexibility index (Phi) is 6.59. The Balaban J connectivity index is 2.45. The molecule has 1 radical (unpaired) electrons. The lowest BCUT2D eigenvalue weighted by Gasteiger charge is -1.93. The summed E-state index contributed by atoms with van der Waals surface area (Å²) in [5.74, 6) is 2.88. The van der Waals surface area contributed by atoms with Gasteiger partial charge < -0.3 is 4.74 Å². The molecule has 0 unspecified atom stereocenters. The number of rotatable bonds is 4. The van der Waals surface area contributed by atoms with Gasteiger partial charge in [-0.1, -0.05) is 6.92 Å². The van der Waals surface area contributed by atoms with E-state index < -0.39 is 0 Å². The van der Waals surface area contributed by atoms with Crippen molar-refractivity contribution in [3.8, 4) is 0 Å². The largest absolute Gasteiger partial charge is 0.364 e. The van der Waals surface area contributed by atoms with Crippen molar-refractivity contribution in [1.82, 2.24) is 0 Å². The molecule has 0 aromatic carbocycles. The molecule has 0 fully saturated rings. The number of hydrogen-bond acceptors (Lipinski definition) is 2. The zero-order valence-electron chi connectivity index (χ0n) is 4.81. The second kappa shape index (κ2) is 6.31. The molecule has 0 aliphatic carbocycles. The van der Waals surface area contributed by atoms with Gasteiger partial charge in [-0.2, -0.15) is 0 Å². The molecule has 0 aliphatic rings. The smallest absolute Gasteiger partial charge is 0.138 e. The van der Waals surface area contributed by atoms with E-state index in [0.717, 1.165) is 12.4 Å². The molecule has 0 bridgehead atoms. The summed E-state index contributed by atoms with van der Waals surface area (Å²) in [5, 5.41) is 0. The molecule has 2 heteroatoms. The first-order chi connectivity index (χ1) is 3.41. The normalized spacial score (nSPS) is 9.43. The maximum atomic E-state index is 4.91. The van der Waals surface area contributed by atoms with Gasteiger partial charge in [-0.15, -0.1) is 11.8 Å². The minimum absolute atomic E-state index is 0.785. The van der Waals surface area contributed by atoms with Gasteiger partial charge in [0.25, 0.3) is 0 Å². The summed E-state index contributed by atoms with van der Waals surface area (Å²) in [4.78, 5) is 0. The minimum atomic E-state index is 0.785. The van der Waals surface area contributed by atoms with Crippen molar-refractivity contribution >= 4 is 11.8 Å². The number of ether oxygens (including phenoxy) is 1. The molecule has 0 aliphatic heterocycles. The van der Waals surface area contributed by atoms with Crippen LogP contribution in [0.15, 0.2) is 0 Å². The maximum Gasteiger partial charge on any atom is 0.138 e. The SMILES string of the molecule is CCO[CH]SCC. The molecule has 0 heterocycles. The zero-order valence-corrected chi connectivity index (χ0v) is 5.62. The lowest BCUT2D eigenvalue weighted by Crippen LogP contribution is -1.80. The molecular formula is C5H11OS. The Hall–Kier alpha value is 0.310. The van der Waals surface area contributed by atoms with Crippen LogP contribution in [-0.2, 0) is 4.74 Å². The number of thioether (sulfide) groups is 1. The summed E-state index contributed by atoms with van der Waals surface area (Å²) < 4.78 is 4.91. The standard InChI is InChI=1S/C5H11OS/c1-3-6-5-7-4-2/h5H,3-4H2,1-2H3. The van der Waals surface area contributed by atoms with E-state index in [2.05, 4.69) is 6.92 Å². The summed E-state index contributed by atoms with van der Waals surface area (Å²) in [6.07, 6.45) is 0. The van der Waals surface area contributed by atoms with Crippen LogP contribution in [0.25, 0.3) is 0 Å². The average Bonchev–Trinajstić information content (AvgIpc) is 1.69. The summed E-state index contributed by atoms with van der Waals surface area (Å²) in [6, 6.07) is 0. The lowest BCUT2D eigenvalue weighted by molar-refractivity contribution is 0.249. The summed E-state index contributed by atoms with van der Waals surface area (Å²) in [7, 11) is 0. The van der Waals surface area contributed by atoms with Crippen molar-refractivity contribution in [3.05, 3.63) is 5.94 Å². The fraction of sp³-hybridized carbons (Fsp3) is 0.800. The maximum absolute atomic E-state index is 4.91. The van der Waals surface area contributed by atoms with Gasteiger partial charge in [0.15, 0.2) is 0 Å². The molecule has 0 aromatic heterocycles. The zero-order chi connectivity index (χ0) is 5.54. The van der Waals surface area contributed by atoms with E-state index in [1.54, 1.807) is 17.7 Å². The van der Waals surface area contributed by atoms with Gasteiger partial charge in [-0.25, -0.2) is 0 Å². The fourth-order valence-electron chi connectivity index (χ4n) is 0.184. The van der Waals surface area contributed by atoms with Crippen molar-refractivity contribution in [2.75, 3.05) is 12.4 Å². The first kappa shape index (κ1) is 7.31. The Morgan fingerprint density at radius 2 is 2.29 bits per heavy atom. The molecule has 0 rings (SSSR count). The predicted octanol–water partition coefficient (Wildman–Crippen LogP) is 1.90. The molecule has 43 valence electrons. The van der Waals surface area contributed by atoms with Crippen LogP contribution in [-0.4, -0.2) is 12.4 Å². The molecule has 0 atom stereocenters. The highest BCUT2D eigenvalue weighted by Gasteiger charge is 1.79. The van der Waals surface area contributed by atoms with Crippen molar-refractivity contribution in [2.45, 2.75) is 13.8 Å². The van der Waals surface area contributed by atoms with Gasteiger partial charge in [0, 0.05) is 6.61 Å². The van der Waals surface area contributed by atoms with Gasteiger partial charge in [-0.05, 0) is 12.7 Å². The van der Waals surface area contributed by atoms with Crippen molar-refractivity contribution in [1.29, 1.82) is 0 Å². The molecule has 0 saturated heterocycles. The Labute approximate surface area is 49.4 Å². The molecule has 0 spiro atoms. The van der Waals surface area contributed by atoms with E-state index in [4.69, 9.17) is 4.74 Å². The molecule has 0 N–H and O–H groups in total. The highest BCUT2D eigenvalue weighted by molar-refractivity contribution is 8.01. The predicted molar refractivity (Wildman–Crippen MR) is 34.1 cm³/mol. The molecule has 7 heavy (non-hydrogen) atoms. The van der Waals surface area contributed by atoms with Crippen molar-refractivity contribution in [3.63, 3.8) is 0 Å². The van der Waals surface area contributed by atoms with Crippen LogP contribution >= 0.6 is 11.8 Å². The molecule has 0 aromatic rings. The van der Waals surface area contributed by atoms with Crippen LogP contribution in [0.4, 0.5) is 0 Å². The lowest BCUT2D eigenvalue weighted by atomic mass is 10.9. The van der Waals surface area contributed by atoms with Crippen LogP contribution in [0.2, 0.25) is 0 Å². The van der Waals surface area contributed by atoms with Crippen LogP contribution < -0.4 is 0 Å². The second-order valence-electron chi connectivity index (χ2n) is 1.01. The third kappa shape index (κ3) is 6.31. The van der Waals surface area contributed by atoms with E-state index in [9.17, 15) is 0 Å². The Morgan fingerprint density at radius 1 is 1.57 bits per heavy atom. The van der Waals surface area contributed by atoms with E-state index in [1.807, 2.05) is 6.92 Å². The average molecular weight is 119 g/mol. The van der Waals surface area contributed by atoms with Gasteiger partial charge in [0.05, 0.1) is 0 Å². The van der Waals surface area contributed by atoms with Gasteiger partial charge >= 0.3 is 0 Å². The van der Waals surface area contributed by atoms with Gasteiger partial charge in [0.1, 0.15) is 5.94 Å². The third-order valence-corrected chi connectivity index (χ3v) is 1.07. The van der Waals surface area contributed by atoms with Crippen LogP contribution in [0.1, 0.15) is 13.8 Å². The van der Waals surface area contributed by atoms with Gasteiger partial charge in [-0.3, -0.25) is 0 Å². The first-order valence-corrected chi connectivity index (χ1v) is 3.51. The first-order valence-electron chi connectivity index (χ1n) is 2.46.